The van der Waals surface area contributed by atoms with Crippen LogP contribution in [-0.2, 0) is 0 Å². The van der Waals surface area contributed by atoms with Gasteiger partial charge in [0.2, 0.25) is 0 Å². The van der Waals surface area contributed by atoms with E-state index < -0.39 is 0 Å². The Balaban J connectivity index is 2.40. The Morgan fingerprint density at radius 2 is 2.19 bits per heavy atom. The molecule has 0 saturated heterocycles. The van der Waals surface area contributed by atoms with E-state index in [9.17, 15) is 5.11 Å². The molecule has 1 atom stereocenters. The second-order valence-corrected chi connectivity index (χ2v) is 4.40. The molecule has 2 aromatic rings. The van der Waals surface area contributed by atoms with E-state index in [-0.39, 0.29) is 11.8 Å². The minimum absolute atomic E-state index is 0.180. The molecule has 0 amide bonds. The number of ether oxygens (including phenoxy) is 1. The van der Waals surface area contributed by atoms with E-state index in [0.29, 0.717) is 5.75 Å². The van der Waals surface area contributed by atoms with Crippen LogP contribution >= 0.6 is 11.3 Å². The van der Waals surface area contributed by atoms with E-state index in [2.05, 4.69) is 0 Å². The first-order valence-electron chi connectivity index (χ1n) is 4.88. The topological polar surface area (TPSA) is 55.5 Å². The van der Waals surface area contributed by atoms with Crippen molar-refractivity contribution in [1.82, 2.24) is 0 Å². The molecule has 0 unspecified atom stereocenters. The average molecular weight is 235 g/mol. The molecule has 3 nitrogen and oxygen atoms in total. The molecular weight excluding hydrogens is 222 g/mol. The van der Waals surface area contributed by atoms with Crippen LogP contribution in [0.15, 0.2) is 35.7 Å². The van der Waals surface area contributed by atoms with Crippen molar-refractivity contribution in [1.29, 1.82) is 0 Å². The molecule has 0 spiro atoms. The molecule has 0 aliphatic heterocycles. The second-order valence-electron chi connectivity index (χ2n) is 3.42. The minimum Gasteiger partial charge on any atom is -0.508 e. The van der Waals surface area contributed by atoms with Crippen LogP contribution in [0, 0.1) is 0 Å². The van der Waals surface area contributed by atoms with E-state index in [1.807, 2.05) is 17.5 Å². The summed E-state index contributed by atoms with van der Waals surface area (Å²) >= 11 is 1.61. The molecule has 2 rings (SSSR count). The molecule has 0 bridgehead atoms. The van der Waals surface area contributed by atoms with E-state index in [1.165, 1.54) is 0 Å². The van der Waals surface area contributed by atoms with Crippen LogP contribution < -0.4 is 10.5 Å². The van der Waals surface area contributed by atoms with Crippen LogP contribution in [0.4, 0.5) is 0 Å². The van der Waals surface area contributed by atoms with Gasteiger partial charge in [-0.3, -0.25) is 0 Å². The van der Waals surface area contributed by atoms with E-state index in [4.69, 9.17) is 10.5 Å². The number of nitrogens with two attached hydrogens (primary N) is 1. The van der Waals surface area contributed by atoms with Gasteiger partial charge in [-0.05, 0) is 23.6 Å². The molecule has 1 aromatic heterocycles. The molecule has 16 heavy (non-hydrogen) atoms. The van der Waals surface area contributed by atoms with Gasteiger partial charge in [-0.15, -0.1) is 11.3 Å². The number of benzene rings is 1. The van der Waals surface area contributed by atoms with Gasteiger partial charge >= 0.3 is 0 Å². The Kier molecular flexibility index (Phi) is 3.12. The zero-order chi connectivity index (χ0) is 11.5. The van der Waals surface area contributed by atoms with Crippen LogP contribution in [0.3, 0.4) is 0 Å². The highest BCUT2D eigenvalue weighted by atomic mass is 32.1. The molecule has 0 radical (unpaired) electrons. The summed E-state index contributed by atoms with van der Waals surface area (Å²) in [7, 11) is 1.57. The van der Waals surface area contributed by atoms with E-state index in [1.54, 1.807) is 36.6 Å². The minimum atomic E-state index is -0.212. The summed E-state index contributed by atoms with van der Waals surface area (Å²) in [6.45, 7) is 0. The summed E-state index contributed by atoms with van der Waals surface area (Å²) in [5.41, 5.74) is 7.01. The number of hydrogen-bond acceptors (Lipinski definition) is 4. The Labute approximate surface area is 98.1 Å². The van der Waals surface area contributed by atoms with Crippen molar-refractivity contribution in [2.24, 2.45) is 5.73 Å². The van der Waals surface area contributed by atoms with Gasteiger partial charge in [0, 0.05) is 16.5 Å². The van der Waals surface area contributed by atoms with Crippen molar-refractivity contribution >= 4 is 11.3 Å². The molecule has 3 N–H and O–H groups in total. The first-order chi connectivity index (χ1) is 7.72. The molecule has 0 aliphatic carbocycles. The second kappa shape index (κ2) is 4.55. The lowest BCUT2D eigenvalue weighted by Gasteiger charge is -2.14. The van der Waals surface area contributed by atoms with Gasteiger partial charge in [0.25, 0.3) is 0 Å². The van der Waals surface area contributed by atoms with Gasteiger partial charge in [-0.1, -0.05) is 6.07 Å². The summed E-state index contributed by atoms with van der Waals surface area (Å²) in [6.07, 6.45) is 0. The Morgan fingerprint density at radius 1 is 1.38 bits per heavy atom. The lowest BCUT2D eigenvalue weighted by molar-refractivity contribution is 0.401. The summed E-state index contributed by atoms with van der Waals surface area (Å²) < 4.78 is 5.21. The number of phenolic OH excluding ortho intramolecular Hbond substituents is 1. The average Bonchev–Trinajstić information content (AvgIpc) is 2.81. The van der Waals surface area contributed by atoms with Gasteiger partial charge in [-0.25, -0.2) is 0 Å². The van der Waals surface area contributed by atoms with Crippen molar-refractivity contribution in [3.05, 3.63) is 46.2 Å². The predicted octanol–water partition coefficient (Wildman–Crippen LogP) is 2.51. The van der Waals surface area contributed by atoms with Crippen LogP contribution in [0.1, 0.15) is 16.5 Å². The van der Waals surface area contributed by atoms with Crippen molar-refractivity contribution < 1.29 is 9.84 Å². The lowest BCUT2D eigenvalue weighted by Crippen LogP contribution is -2.11. The van der Waals surface area contributed by atoms with Crippen molar-refractivity contribution in [3.63, 3.8) is 0 Å². The Bertz CT molecular complexity index is 468. The van der Waals surface area contributed by atoms with Gasteiger partial charge in [0.05, 0.1) is 13.2 Å². The van der Waals surface area contributed by atoms with Gasteiger partial charge in [0.1, 0.15) is 11.5 Å². The summed E-state index contributed by atoms with van der Waals surface area (Å²) in [5, 5.41) is 11.4. The standard InChI is InChI=1S/C12H13NO2S/c1-15-10-7-8(14)4-5-9(10)12(13)11-3-2-6-16-11/h2-7,12,14H,13H2,1H3/t12-/m1/s1. The summed E-state index contributed by atoms with van der Waals surface area (Å²) in [4.78, 5) is 1.07. The van der Waals surface area contributed by atoms with Gasteiger partial charge in [0.15, 0.2) is 0 Å². The maximum absolute atomic E-state index is 9.36. The maximum Gasteiger partial charge on any atom is 0.127 e. The van der Waals surface area contributed by atoms with Crippen LogP contribution in [0.5, 0.6) is 11.5 Å². The number of hydrogen-bond donors (Lipinski definition) is 2. The molecule has 4 heteroatoms. The number of thiophene rings is 1. The molecule has 1 aromatic carbocycles. The van der Waals surface area contributed by atoms with Crippen LogP contribution in [0.25, 0.3) is 0 Å². The Hall–Kier alpha value is -1.52. The highest BCUT2D eigenvalue weighted by molar-refractivity contribution is 7.10. The van der Waals surface area contributed by atoms with Crippen molar-refractivity contribution in [3.8, 4) is 11.5 Å². The fraction of sp³-hybridized carbons (Fsp3) is 0.167. The fourth-order valence-electron chi connectivity index (χ4n) is 1.58. The monoisotopic (exact) mass is 235 g/mol. The summed E-state index contributed by atoms with van der Waals surface area (Å²) in [5.74, 6) is 0.792. The highest BCUT2D eigenvalue weighted by Crippen LogP contribution is 2.32. The largest absolute Gasteiger partial charge is 0.508 e. The smallest absolute Gasteiger partial charge is 0.127 e. The normalized spacial score (nSPS) is 12.4. The first kappa shape index (κ1) is 11.0. The molecule has 0 saturated carbocycles. The number of methoxy groups -OCH3 is 1. The molecule has 1 heterocycles. The zero-order valence-corrected chi connectivity index (χ0v) is 9.70. The molecular formula is C12H13NO2S. The van der Waals surface area contributed by atoms with E-state index >= 15 is 0 Å². The van der Waals surface area contributed by atoms with Crippen molar-refractivity contribution in [2.75, 3.05) is 7.11 Å². The highest BCUT2D eigenvalue weighted by Gasteiger charge is 2.15. The third-order valence-electron chi connectivity index (χ3n) is 2.40. The quantitative estimate of drug-likeness (QED) is 0.859. The van der Waals surface area contributed by atoms with Crippen molar-refractivity contribution in [2.45, 2.75) is 6.04 Å². The fourth-order valence-corrected chi connectivity index (χ4v) is 2.32. The SMILES string of the molecule is COc1cc(O)ccc1[C@@H](N)c1cccs1. The first-order valence-corrected chi connectivity index (χ1v) is 5.76. The van der Waals surface area contributed by atoms with Gasteiger partial charge < -0.3 is 15.6 Å². The molecule has 0 aliphatic rings. The molecule has 84 valence electrons. The van der Waals surface area contributed by atoms with Crippen LogP contribution in [-0.4, -0.2) is 12.2 Å². The van der Waals surface area contributed by atoms with Crippen LogP contribution in [0.2, 0.25) is 0 Å². The zero-order valence-electron chi connectivity index (χ0n) is 8.88. The molecule has 0 fully saturated rings. The Morgan fingerprint density at radius 3 is 2.81 bits per heavy atom. The summed E-state index contributed by atoms with van der Waals surface area (Å²) in [6, 6.07) is 8.72. The number of rotatable bonds is 3. The number of phenols is 1. The predicted molar refractivity (Wildman–Crippen MR) is 65.0 cm³/mol. The third-order valence-corrected chi connectivity index (χ3v) is 3.36. The lowest BCUT2D eigenvalue weighted by atomic mass is 10.0. The maximum atomic E-state index is 9.36. The van der Waals surface area contributed by atoms with E-state index in [0.717, 1.165) is 10.4 Å². The number of aromatic hydroxyl groups is 1. The third kappa shape index (κ3) is 2.03. The van der Waals surface area contributed by atoms with Gasteiger partial charge in [-0.2, -0.15) is 0 Å².